The largest absolute Gasteiger partial charge is 0.456 e. The third-order valence-electron chi connectivity index (χ3n) is 5.52. The van der Waals surface area contributed by atoms with Gasteiger partial charge in [0.15, 0.2) is 6.61 Å². The maximum Gasteiger partial charge on any atom is 0.321 e. The summed E-state index contributed by atoms with van der Waals surface area (Å²) in [4.78, 5) is 24.8. The molecule has 8 nitrogen and oxygen atoms in total. The fraction of sp³-hybridized carbons (Fsp3) is 0.455. The van der Waals surface area contributed by atoms with Crippen LogP contribution in [0.2, 0.25) is 5.02 Å². The van der Waals surface area contributed by atoms with E-state index in [-0.39, 0.29) is 16.8 Å². The van der Waals surface area contributed by atoms with E-state index in [0.717, 1.165) is 35.1 Å². The first-order valence-electron chi connectivity index (χ1n) is 10.3. The van der Waals surface area contributed by atoms with E-state index in [4.69, 9.17) is 21.1 Å². The van der Waals surface area contributed by atoms with Crippen LogP contribution in [-0.2, 0) is 30.8 Å². The van der Waals surface area contributed by atoms with Crippen molar-refractivity contribution in [2.24, 2.45) is 0 Å². The second-order valence-electron chi connectivity index (χ2n) is 7.83. The molecule has 1 aromatic heterocycles. The fourth-order valence-electron chi connectivity index (χ4n) is 3.68. The SMILES string of the molecule is Cc1cc(C(=O)COC(=O)CN(C)S(=O)(=O)c2ccc(Cl)cc2)c(C)n1C[C@H]1CCCO1. The molecular weight excluding hydrogens is 456 g/mol. The monoisotopic (exact) mass is 482 g/mol. The average Bonchev–Trinajstić information content (AvgIpc) is 3.36. The molecule has 0 radical (unpaired) electrons. The van der Waals surface area contributed by atoms with E-state index in [9.17, 15) is 18.0 Å². The van der Waals surface area contributed by atoms with Crippen molar-refractivity contribution in [3.63, 3.8) is 0 Å². The van der Waals surface area contributed by atoms with Crippen molar-refractivity contribution in [2.75, 3.05) is 26.8 Å². The second kappa shape index (κ2) is 10.2. The highest BCUT2D eigenvalue weighted by molar-refractivity contribution is 7.89. The Labute approximate surface area is 193 Å². The maximum absolute atomic E-state index is 12.6. The molecule has 1 saturated heterocycles. The minimum atomic E-state index is -3.89. The van der Waals surface area contributed by atoms with Crippen LogP contribution in [-0.4, -0.2) is 62.0 Å². The summed E-state index contributed by atoms with van der Waals surface area (Å²) in [7, 11) is -2.62. The van der Waals surface area contributed by atoms with Crippen LogP contribution in [0, 0.1) is 13.8 Å². The van der Waals surface area contributed by atoms with Gasteiger partial charge >= 0.3 is 5.97 Å². The molecule has 1 aliphatic heterocycles. The third kappa shape index (κ3) is 5.58. The van der Waals surface area contributed by atoms with E-state index in [2.05, 4.69) is 0 Å². The Morgan fingerprint density at radius 3 is 2.56 bits per heavy atom. The van der Waals surface area contributed by atoms with Crippen molar-refractivity contribution in [3.8, 4) is 0 Å². The van der Waals surface area contributed by atoms with Gasteiger partial charge in [0.2, 0.25) is 15.8 Å². The number of hydrogen-bond acceptors (Lipinski definition) is 6. The number of nitrogens with zero attached hydrogens (tertiary/aromatic N) is 2. The number of carbonyl (C=O) groups is 2. The van der Waals surface area contributed by atoms with Gasteiger partial charge in [0, 0.05) is 42.2 Å². The number of aryl methyl sites for hydroxylation is 1. The van der Waals surface area contributed by atoms with Gasteiger partial charge in [-0.25, -0.2) is 8.42 Å². The zero-order valence-corrected chi connectivity index (χ0v) is 19.9. The smallest absolute Gasteiger partial charge is 0.321 e. The molecule has 174 valence electrons. The van der Waals surface area contributed by atoms with Gasteiger partial charge in [-0.15, -0.1) is 0 Å². The number of benzene rings is 1. The van der Waals surface area contributed by atoms with E-state index < -0.39 is 29.1 Å². The first kappa shape index (κ1) is 24.4. The maximum atomic E-state index is 12.6. The van der Waals surface area contributed by atoms with Crippen LogP contribution in [0.1, 0.15) is 34.6 Å². The van der Waals surface area contributed by atoms with Crippen LogP contribution >= 0.6 is 11.6 Å². The lowest BCUT2D eigenvalue weighted by molar-refractivity contribution is -0.142. The summed E-state index contributed by atoms with van der Waals surface area (Å²) < 4.78 is 38.8. The number of halogens is 1. The molecule has 1 aliphatic rings. The minimum absolute atomic E-state index is 0.00644. The standard InChI is InChI=1S/C22H27ClN2O6S/c1-15-11-20(16(2)25(15)12-18-5-4-10-30-18)21(26)14-31-22(27)13-24(3)32(28,29)19-8-6-17(23)7-9-19/h6-9,11,18H,4-5,10,12-14H2,1-3H3/t18-/m1/s1. The van der Waals surface area contributed by atoms with Crippen molar-refractivity contribution < 1.29 is 27.5 Å². The van der Waals surface area contributed by atoms with Crippen LogP contribution in [0.4, 0.5) is 0 Å². The van der Waals surface area contributed by atoms with Crippen molar-refractivity contribution in [3.05, 3.63) is 52.3 Å². The predicted molar refractivity (Wildman–Crippen MR) is 119 cm³/mol. The van der Waals surface area contributed by atoms with Gasteiger partial charge in [-0.05, 0) is 57.0 Å². The Hall–Kier alpha value is -2.20. The Balaban J connectivity index is 1.57. The number of ether oxygens (including phenoxy) is 2. The number of hydrogen-bond donors (Lipinski definition) is 0. The van der Waals surface area contributed by atoms with Crippen molar-refractivity contribution in [2.45, 2.75) is 44.2 Å². The van der Waals surface area contributed by atoms with Crippen LogP contribution in [0.15, 0.2) is 35.2 Å². The molecule has 0 aliphatic carbocycles. The number of ketones is 1. The van der Waals surface area contributed by atoms with Crippen molar-refractivity contribution in [1.82, 2.24) is 8.87 Å². The zero-order chi connectivity index (χ0) is 23.5. The Kier molecular flexibility index (Phi) is 7.76. The van der Waals surface area contributed by atoms with Gasteiger partial charge in [-0.1, -0.05) is 11.6 Å². The minimum Gasteiger partial charge on any atom is -0.456 e. The molecule has 0 saturated carbocycles. The Morgan fingerprint density at radius 1 is 1.25 bits per heavy atom. The molecule has 0 N–H and O–H groups in total. The van der Waals surface area contributed by atoms with E-state index >= 15 is 0 Å². The molecular formula is C22H27ClN2O6S. The summed E-state index contributed by atoms with van der Waals surface area (Å²) in [6.07, 6.45) is 2.16. The summed E-state index contributed by atoms with van der Waals surface area (Å²) >= 11 is 5.79. The normalized spacial score (nSPS) is 16.5. The number of Topliss-reactive ketones (excluding diaryl/α,β-unsaturated/α-hetero) is 1. The topological polar surface area (TPSA) is 94.9 Å². The van der Waals surface area contributed by atoms with Gasteiger partial charge in [-0.3, -0.25) is 9.59 Å². The fourth-order valence-corrected chi connectivity index (χ4v) is 4.92. The number of rotatable bonds is 9. The highest BCUT2D eigenvalue weighted by Gasteiger charge is 2.25. The van der Waals surface area contributed by atoms with Crippen LogP contribution in [0.25, 0.3) is 0 Å². The quantitative estimate of drug-likeness (QED) is 0.403. The number of aromatic nitrogens is 1. The number of likely N-dealkylation sites (N-methyl/N-ethyl adjacent to an activating group) is 1. The van der Waals surface area contributed by atoms with Crippen molar-refractivity contribution >= 4 is 33.4 Å². The average molecular weight is 483 g/mol. The zero-order valence-electron chi connectivity index (χ0n) is 18.3. The van der Waals surface area contributed by atoms with E-state index in [0.29, 0.717) is 17.1 Å². The van der Waals surface area contributed by atoms with E-state index in [1.807, 2.05) is 18.4 Å². The second-order valence-corrected chi connectivity index (χ2v) is 10.3. The molecule has 3 rings (SSSR count). The van der Waals surface area contributed by atoms with Crippen LogP contribution in [0.5, 0.6) is 0 Å². The summed E-state index contributed by atoms with van der Waals surface area (Å²) in [6.45, 7) is 4.23. The molecule has 0 amide bonds. The first-order chi connectivity index (χ1) is 15.1. The van der Waals surface area contributed by atoms with Gasteiger partial charge in [-0.2, -0.15) is 4.31 Å². The highest BCUT2D eigenvalue weighted by Crippen LogP contribution is 2.21. The van der Waals surface area contributed by atoms with Crippen LogP contribution < -0.4 is 0 Å². The summed E-state index contributed by atoms with van der Waals surface area (Å²) in [6, 6.07) is 7.39. The highest BCUT2D eigenvalue weighted by atomic mass is 35.5. The molecule has 1 fully saturated rings. The lowest BCUT2D eigenvalue weighted by atomic mass is 10.1. The van der Waals surface area contributed by atoms with Gasteiger partial charge in [0.05, 0.1) is 11.0 Å². The summed E-state index contributed by atoms with van der Waals surface area (Å²) in [5.41, 5.74) is 2.21. The van der Waals surface area contributed by atoms with E-state index in [1.165, 1.54) is 31.3 Å². The lowest BCUT2D eigenvalue weighted by Gasteiger charge is -2.16. The molecule has 10 heteroatoms. The molecule has 1 aromatic carbocycles. The molecule has 0 bridgehead atoms. The molecule has 2 heterocycles. The lowest BCUT2D eigenvalue weighted by Crippen LogP contribution is -2.33. The Morgan fingerprint density at radius 2 is 1.94 bits per heavy atom. The third-order valence-corrected chi connectivity index (χ3v) is 7.59. The molecule has 2 aromatic rings. The first-order valence-corrected chi connectivity index (χ1v) is 12.1. The number of esters is 1. The summed E-state index contributed by atoms with van der Waals surface area (Å²) in [5.74, 6) is -1.15. The van der Waals surface area contributed by atoms with Gasteiger partial charge in [0.1, 0.15) is 6.54 Å². The molecule has 0 spiro atoms. The predicted octanol–water partition coefficient (Wildman–Crippen LogP) is 2.98. The van der Waals surface area contributed by atoms with Gasteiger partial charge in [0.25, 0.3) is 0 Å². The molecule has 0 unspecified atom stereocenters. The summed E-state index contributed by atoms with van der Waals surface area (Å²) in [5, 5.41) is 0.402. The molecule has 1 atom stereocenters. The van der Waals surface area contributed by atoms with Crippen LogP contribution in [0.3, 0.4) is 0 Å². The number of sulfonamides is 1. The molecule has 32 heavy (non-hydrogen) atoms. The van der Waals surface area contributed by atoms with Crippen molar-refractivity contribution in [1.29, 1.82) is 0 Å². The Bertz CT molecular complexity index is 1090. The van der Waals surface area contributed by atoms with E-state index in [1.54, 1.807) is 6.07 Å². The van der Waals surface area contributed by atoms with Gasteiger partial charge < -0.3 is 14.0 Å². The number of carbonyl (C=O) groups excluding carboxylic acids is 2.